The molecule has 1 aliphatic heterocycles. The largest absolute Gasteiger partial charge is 0.493 e. The maximum Gasteiger partial charge on any atom is 0.122 e. The Balaban J connectivity index is 1.65. The van der Waals surface area contributed by atoms with E-state index in [2.05, 4.69) is 25.1 Å². The van der Waals surface area contributed by atoms with Crippen LogP contribution in [0.3, 0.4) is 0 Å². The molecule has 2 N–H and O–H groups in total. The molecule has 2 heteroatoms. The van der Waals surface area contributed by atoms with Crippen molar-refractivity contribution in [2.45, 2.75) is 57.4 Å². The number of nitrogens with two attached hydrogens (primary N) is 1. The van der Waals surface area contributed by atoms with Gasteiger partial charge in [0.2, 0.25) is 0 Å². The van der Waals surface area contributed by atoms with Crippen molar-refractivity contribution >= 4 is 0 Å². The minimum absolute atomic E-state index is 0.0633. The Bertz CT molecular complexity index is 457. The van der Waals surface area contributed by atoms with Crippen LogP contribution in [0, 0.1) is 5.92 Å². The Morgan fingerprint density at radius 1 is 1.37 bits per heavy atom. The number of benzene rings is 1. The molecule has 2 nitrogen and oxygen atoms in total. The summed E-state index contributed by atoms with van der Waals surface area (Å²) in [7, 11) is 0. The van der Waals surface area contributed by atoms with Gasteiger partial charge >= 0.3 is 0 Å². The van der Waals surface area contributed by atoms with Crippen molar-refractivity contribution in [3.05, 3.63) is 29.3 Å². The summed E-state index contributed by atoms with van der Waals surface area (Å²) in [5.41, 5.74) is 9.50. The lowest BCUT2D eigenvalue weighted by Gasteiger charge is -2.39. The number of aryl methyl sites for hydroxylation is 1. The van der Waals surface area contributed by atoms with Gasteiger partial charge in [-0.1, -0.05) is 31.9 Å². The fourth-order valence-electron chi connectivity index (χ4n) is 3.58. The summed E-state index contributed by atoms with van der Waals surface area (Å²) in [4.78, 5) is 0. The van der Waals surface area contributed by atoms with Crippen LogP contribution in [0.15, 0.2) is 18.2 Å². The van der Waals surface area contributed by atoms with Gasteiger partial charge in [-0.25, -0.2) is 0 Å². The van der Waals surface area contributed by atoms with E-state index in [-0.39, 0.29) is 5.54 Å². The Morgan fingerprint density at radius 3 is 3.11 bits per heavy atom. The van der Waals surface area contributed by atoms with Gasteiger partial charge in [0, 0.05) is 12.0 Å². The molecule has 2 unspecified atom stereocenters. The van der Waals surface area contributed by atoms with Crippen molar-refractivity contribution in [3.8, 4) is 5.75 Å². The van der Waals surface area contributed by atoms with Crippen molar-refractivity contribution in [2.24, 2.45) is 11.7 Å². The van der Waals surface area contributed by atoms with Gasteiger partial charge in [0.05, 0.1) is 6.61 Å². The fraction of sp³-hybridized carbons (Fsp3) is 0.647. The molecular formula is C17H25NO. The SMILES string of the molecule is CC1CCCCC1(N)CCc1ccc2c(c1)CCO2. The zero-order chi connectivity index (χ0) is 13.3. The Labute approximate surface area is 116 Å². The highest BCUT2D eigenvalue weighted by Crippen LogP contribution is 2.35. The predicted octanol–water partition coefficient (Wildman–Crippen LogP) is 3.46. The quantitative estimate of drug-likeness (QED) is 0.902. The summed E-state index contributed by atoms with van der Waals surface area (Å²) in [6, 6.07) is 6.66. The van der Waals surface area contributed by atoms with Crippen LogP contribution < -0.4 is 10.5 Å². The van der Waals surface area contributed by atoms with Crippen molar-refractivity contribution in [2.75, 3.05) is 6.61 Å². The van der Waals surface area contributed by atoms with Crippen LogP contribution >= 0.6 is 0 Å². The standard InChI is InChI=1S/C17H25NO/c1-13-4-2-3-9-17(13,18)10-7-14-5-6-16-15(12-14)8-11-19-16/h5-6,12-13H,2-4,7-11,18H2,1H3. The molecule has 0 radical (unpaired) electrons. The molecule has 0 bridgehead atoms. The van der Waals surface area contributed by atoms with E-state index in [0.29, 0.717) is 5.92 Å². The van der Waals surface area contributed by atoms with Crippen LogP contribution in [-0.2, 0) is 12.8 Å². The molecule has 1 aromatic rings. The summed E-state index contributed by atoms with van der Waals surface area (Å²) in [5.74, 6) is 1.75. The van der Waals surface area contributed by atoms with Crippen LogP contribution in [-0.4, -0.2) is 12.1 Å². The normalized spacial score (nSPS) is 29.9. The zero-order valence-electron chi connectivity index (χ0n) is 12.0. The third-order valence-electron chi connectivity index (χ3n) is 5.14. The predicted molar refractivity (Wildman–Crippen MR) is 78.5 cm³/mol. The highest BCUT2D eigenvalue weighted by Gasteiger charge is 2.33. The number of hydrogen-bond acceptors (Lipinski definition) is 2. The maximum absolute atomic E-state index is 6.64. The highest BCUT2D eigenvalue weighted by molar-refractivity contribution is 5.39. The topological polar surface area (TPSA) is 35.2 Å². The number of rotatable bonds is 3. The average molecular weight is 259 g/mol. The number of ether oxygens (including phenoxy) is 1. The van der Waals surface area contributed by atoms with E-state index in [1.807, 2.05) is 0 Å². The summed E-state index contributed by atoms with van der Waals surface area (Å²) in [5, 5.41) is 0. The molecule has 1 heterocycles. The molecule has 0 saturated heterocycles. The van der Waals surface area contributed by atoms with E-state index in [1.165, 1.54) is 36.8 Å². The molecule has 3 rings (SSSR count). The van der Waals surface area contributed by atoms with Gasteiger partial charge in [-0.2, -0.15) is 0 Å². The monoisotopic (exact) mass is 259 g/mol. The van der Waals surface area contributed by atoms with Crippen molar-refractivity contribution in [1.82, 2.24) is 0 Å². The zero-order valence-corrected chi connectivity index (χ0v) is 12.0. The first kappa shape index (κ1) is 13.0. The molecule has 0 amide bonds. The molecule has 2 aliphatic rings. The maximum atomic E-state index is 6.64. The molecule has 1 fully saturated rings. The van der Waals surface area contributed by atoms with Crippen molar-refractivity contribution < 1.29 is 4.74 Å². The van der Waals surface area contributed by atoms with Gasteiger partial charge < -0.3 is 10.5 Å². The van der Waals surface area contributed by atoms with E-state index in [1.54, 1.807) is 0 Å². The third kappa shape index (κ3) is 2.64. The Hall–Kier alpha value is -1.02. The van der Waals surface area contributed by atoms with E-state index < -0.39 is 0 Å². The van der Waals surface area contributed by atoms with Crippen molar-refractivity contribution in [1.29, 1.82) is 0 Å². The minimum Gasteiger partial charge on any atom is -0.493 e. The first-order chi connectivity index (χ1) is 9.17. The summed E-state index contributed by atoms with van der Waals surface area (Å²) in [6.07, 6.45) is 8.45. The van der Waals surface area contributed by atoms with E-state index in [4.69, 9.17) is 10.5 Å². The van der Waals surface area contributed by atoms with Gasteiger partial charge in [-0.05, 0) is 48.8 Å². The second-order valence-corrected chi connectivity index (χ2v) is 6.42. The summed E-state index contributed by atoms with van der Waals surface area (Å²) >= 11 is 0. The lowest BCUT2D eigenvalue weighted by molar-refractivity contribution is 0.192. The molecule has 104 valence electrons. The average Bonchev–Trinajstić information content (AvgIpc) is 2.88. The second kappa shape index (κ2) is 5.16. The first-order valence-electron chi connectivity index (χ1n) is 7.71. The molecule has 0 spiro atoms. The minimum atomic E-state index is 0.0633. The molecule has 19 heavy (non-hydrogen) atoms. The Kier molecular flexibility index (Phi) is 3.53. The van der Waals surface area contributed by atoms with Crippen LogP contribution in [0.25, 0.3) is 0 Å². The lowest BCUT2D eigenvalue weighted by Crippen LogP contribution is -2.48. The molecular weight excluding hydrogens is 234 g/mol. The van der Waals surface area contributed by atoms with Gasteiger partial charge in [-0.3, -0.25) is 0 Å². The molecule has 1 aromatic carbocycles. The third-order valence-corrected chi connectivity index (χ3v) is 5.14. The highest BCUT2D eigenvalue weighted by atomic mass is 16.5. The number of fused-ring (bicyclic) bond motifs is 1. The van der Waals surface area contributed by atoms with E-state index >= 15 is 0 Å². The first-order valence-corrected chi connectivity index (χ1v) is 7.71. The summed E-state index contributed by atoms with van der Waals surface area (Å²) in [6.45, 7) is 3.17. The van der Waals surface area contributed by atoms with Crippen molar-refractivity contribution in [3.63, 3.8) is 0 Å². The molecule has 1 saturated carbocycles. The van der Waals surface area contributed by atoms with Crippen LogP contribution in [0.1, 0.15) is 50.2 Å². The van der Waals surface area contributed by atoms with E-state index in [0.717, 1.165) is 31.6 Å². The number of hydrogen-bond donors (Lipinski definition) is 1. The van der Waals surface area contributed by atoms with Gasteiger partial charge in [0.15, 0.2) is 0 Å². The second-order valence-electron chi connectivity index (χ2n) is 6.42. The van der Waals surface area contributed by atoms with Gasteiger partial charge in [-0.15, -0.1) is 0 Å². The fourth-order valence-corrected chi connectivity index (χ4v) is 3.58. The van der Waals surface area contributed by atoms with Crippen LogP contribution in [0.5, 0.6) is 5.75 Å². The molecule has 0 aromatic heterocycles. The van der Waals surface area contributed by atoms with E-state index in [9.17, 15) is 0 Å². The lowest BCUT2D eigenvalue weighted by atomic mass is 9.71. The molecule has 1 aliphatic carbocycles. The smallest absolute Gasteiger partial charge is 0.122 e. The van der Waals surface area contributed by atoms with Gasteiger partial charge in [0.25, 0.3) is 0 Å². The Morgan fingerprint density at radius 2 is 2.26 bits per heavy atom. The van der Waals surface area contributed by atoms with Gasteiger partial charge in [0.1, 0.15) is 5.75 Å². The summed E-state index contributed by atoms with van der Waals surface area (Å²) < 4.78 is 5.56. The molecule has 2 atom stereocenters. The van der Waals surface area contributed by atoms with Crippen LogP contribution in [0.2, 0.25) is 0 Å². The van der Waals surface area contributed by atoms with Crippen LogP contribution in [0.4, 0.5) is 0 Å².